The topological polar surface area (TPSA) is 65.4 Å². The number of aliphatic hydroxyl groups excluding tert-OH is 2. The maximum absolute atomic E-state index is 9.00. The number of benzene rings is 1. The number of rotatable bonds is 5. The van der Waals surface area contributed by atoms with Gasteiger partial charge in [-0.05, 0) is 23.8 Å². The lowest BCUT2D eigenvalue weighted by Crippen LogP contribution is -2.35. The zero-order valence-electron chi connectivity index (χ0n) is 9.81. The van der Waals surface area contributed by atoms with Crippen LogP contribution in [0, 0.1) is 0 Å². The van der Waals surface area contributed by atoms with Crippen LogP contribution in [-0.4, -0.2) is 34.5 Å². The number of halogens is 1. The Morgan fingerprint density at radius 3 is 2.72 bits per heavy atom. The van der Waals surface area contributed by atoms with Gasteiger partial charge in [-0.3, -0.25) is 4.98 Å². The fourth-order valence-corrected chi connectivity index (χ4v) is 2.00. The van der Waals surface area contributed by atoms with Gasteiger partial charge in [0.25, 0.3) is 0 Å². The highest BCUT2D eigenvalue weighted by molar-refractivity contribution is 6.35. The van der Waals surface area contributed by atoms with Crippen molar-refractivity contribution >= 4 is 22.5 Å². The van der Waals surface area contributed by atoms with E-state index in [0.29, 0.717) is 11.6 Å². The number of aliphatic hydroxyl groups is 2. The standard InChI is InChI=1S/C13H15ClN2O2/c14-12-4-3-9(6-16-10(7-17)8-18)13-11(12)2-1-5-15-13/h1-5,10,16-18H,6-8H2. The molecule has 1 aromatic heterocycles. The van der Waals surface area contributed by atoms with Crippen molar-refractivity contribution < 1.29 is 10.2 Å². The van der Waals surface area contributed by atoms with Crippen LogP contribution in [0.4, 0.5) is 0 Å². The van der Waals surface area contributed by atoms with Gasteiger partial charge in [0.1, 0.15) is 0 Å². The summed E-state index contributed by atoms with van der Waals surface area (Å²) < 4.78 is 0. The van der Waals surface area contributed by atoms with Crippen molar-refractivity contribution in [3.05, 3.63) is 41.0 Å². The molecular weight excluding hydrogens is 252 g/mol. The Labute approximate surface area is 110 Å². The van der Waals surface area contributed by atoms with Crippen molar-refractivity contribution in [1.82, 2.24) is 10.3 Å². The van der Waals surface area contributed by atoms with Crippen molar-refractivity contribution in [3.63, 3.8) is 0 Å². The molecule has 0 aliphatic rings. The van der Waals surface area contributed by atoms with E-state index in [1.807, 2.05) is 24.3 Å². The molecule has 1 aromatic carbocycles. The highest BCUT2D eigenvalue weighted by Gasteiger charge is 2.08. The highest BCUT2D eigenvalue weighted by atomic mass is 35.5. The number of hydrogen-bond donors (Lipinski definition) is 3. The van der Waals surface area contributed by atoms with Gasteiger partial charge < -0.3 is 15.5 Å². The van der Waals surface area contributed by atoms with Crippen LogP contribution in [0.1, 0.15) is 5.56 Å². The molecule has 3 N–H and O–H groups in total. The first-order chi connectivity index (χ1) is 8.76. The van der Waals surface area contributed by atoms with Crippen LogP contribution in [0.3, 0.4) is 0 Å². The molecule has 2 rings (SSSR count). The number of nitrogens with zero attached hydrogens (tertiary/aromatic N) is 1. The predicted octanol–water partition coefficient (Wildman–Crippen LogP) is 1.33. The lowest BCUT2D eigenvalue weighted by Gasteiger charge is -2.14. The summed E-state index contributed by atoms with van der Waals surface area (Å²) >= 11 is 6.11. The Hall–Kier alpha value is -1.20. The molecule has 4 nitrogen and oxygen atoms in total. The summed E-state index contributed by atoms with van der Waals surface area (Å²) in [6, 6.07) is 7.17. The molecule has 0 radical (unpaired) electrons. The SMILES string of the molecule is OCC(CO)NCc1ccc(Cl)c2cccnc12. The largest absolute Gasteiger partial charge is 0.395 e. The van der Waals surface area contributed by atoms with Crippen molar-refractivity contribution in [1.29, 1.82) is 0 Å². The lowest BCUT2D eigenvalue weighted by atomic mass is 10.1. The van der Waals surface area contributed by atoms with Crippen molar-refractivity contribution in [2.75, 3.05) is 13.2 Å². The van der Waals surface area contributed by atoms with Crippen LogP contribution < -0.4 is 5.32 Å². The van der Waals surface area contributed by atoms with Gasteiger partial charge in [-0.1, -0.05) is 17.7 Å². The van der Waals surface area contributed by atoms with Crippen LogP contribution in [0.2, 0.25) is 5.02 Å². The molecular formula is C13H15ClN2O2. The van der Waals surface area contributed by atoms with E-state index in [0.717, 1.165) is 16.5 Å². The third kappa shape index (κ3) is 2.79. The molecule has 0 amide bonds. The van der Waals surface area contributed by atoms with E-state index in [2.05, 4.69) is 10.3 Å². The van der Waals surface area contributed by atoms with Crippen LogP contribution in [0.5, 0.6) is 0 Å². The Bertz CT molecular complexity index is 529. The summed E-state index contributed by atoms with van der Waals surface area (Å²) in [6.07, 6.45) is 1.72. The third-order valence-electron chi connectivity index (χ3n) is 2.82. The summed E-state index contributed by atoms with van der Waals surface area (Å²) in [6.45, 7) is 0.321. The van der Waals surface area contributed by atoms with Crippen LogP contribution in [-0.2, 0) is 6.54 Å². The van der Waals surface area contributed by atoms with E-state index < -0.39 is 0 Å². The van der Waals surface area contributed by atoms with Gasteiger partial charge in [-0.25, -0.2) is 0 Å². The molecule has 5 heteroatoms. The molecule has 18 heavy (non-hydrogen) atoms. The third-order valence-corrected chi connectivity index (χ3v) is 3.15. The molecule has 0 unspecified atom stereocenters. The zero-order chi connectivity index (χ0) is 13.0. The number of fused-ring (bicyclic) bond motifs is 1. The highest BCUT2D eigenvalue weighted by Crippen LogP contribution is 2.24. The van der Waals surface area contributed by atoms with Gasteiger partial charge in [0, 0.05) is 23.2 Å². The molecule has 0 aliphatic heterocycles. The number of aromatic nitrogens is 1. The first kappa shape index (κ1) is 13.2. The molecule has 0 fully saturated rings. The Morgan fingerprint density at radius 2 is 2.00 bits per heavy atom. The summed E-state index contributed by atoms with van der Waals surface area (Å²) in [5.74, 6) is 0. The smallest absolute Gasteiger partial charge is 0.0761 e. The molecule has 0 spiro atoms. The van der Waals surface area contributed by atoms with Gasteiger partial charge in [0.05, 0.1) is 24.8 Å². The van der Waals surface area contributed by atoms with E-state index in [4.69, 9.17) is 21.8 Å². The monoisotopic (exact) mass is 266 g/mol. The zero-order valence-corrected chi connectivity index (χ0v) is 10.6. The van der Waals surface area contributed by atoms with Crippen LogP contribution in [0.15, 0.2) is 30.5 Å². The molecule has 0 bridgehead atoms. The van der Waals surface area contributed by atoms with Crippen molar-refractivity contribution in [2.45, 2.75) is 12.6 Å². The van der Waals surface area contributed by atoms with Gasteiger partial charge >= 0.3 is 0 Å². The summed E-state index contributed by atoms with van der Waals surface area (Å²) in [5, 5.41) is 22.6. The Balaban J connectivity index is 2.26. The van der Waals surface area contributed by atoms with Crippen molar-refractivity contribution in [3.8, 4) is 0 Å². The minimum absolute atomic E-state index is 0.102. The fourth-order valence-electron chi connectivity index (χ4n) is 1.78. The Morgan fingerprint density at radius 1 is 1.22 bits per heavy atom. The number of hydrogen-bond acceptors (Lipinski definition) is 4. The minimum atomic E-state index is -0.320. The number of pyridine rings is 1. The first-order valence-electron chi connectivity index (χ1n) is 5.73. The van der Waals surface area contributed by atoms with E-state index in [1.54, 1.807) is 6.20 Å². The maximum atomic E-state index is 9.00. The van der Waals surface area contributed by atoms with Crippen molar-refractivity contribution in [2.24, 2.45) is 0 Å². The molecule has 0 atom stereocenters. The molecule has 0 aliphatic carbocycles. The maximum Gasteiger partial charge on any atom is 0.0761 e. The van der Waals surface area contributed by atoms with Crippen LogP contribution in [0.25, 0.3) is 10.9 Å². The van der Waals surface area contributed by atoms with E-state index >= 15 is 0 Å². The molecule has 0 saturated heterocycles. The summed E-state index contributed by atoms with van der Waals surface area (Å²) in [7, 11) is 0. The molecule has 1 heterocycles. The van der Waals surface area contributed by atoms with Gasteiger partial charge in [0.2, 0.25) is 0 Å². The molecule has 2 aromatic rings. The second-order valence-corrected chi connectivity index (χ2v) is 4.46. The normalized spacial score (nSPS) is 11.3. The van der Waals surface area contributed by atoms with Gasteiger partial charge in [-0.2, -0.15) is 0 Å². The average molecular weight is 267 g/mol. The lowest BCUT2D eigenvalue weighted by molar-refractivity contribution is 0.170. The van der Waals surface area contributed by atoms with Gasteiger partial charge in [0.15, 0.2) is 0 Å². The fraction of sp³-hybridized carbons (Fsp3) is 0.308. The quantitative estimate of drug-likeness (QED) is 0.764. The van der Waals surface area contributed by atoms with Gasteiger partial charge in [-0.15, -0.1) is 0 Å². The van der Waals surface area contributed by atoms with E-state index in [-0.39, 0.29) is 19.3 Å². The van der Waals surface area contributed by atoms with E-state index in [9.17, 15) is 0 Å². The molecule has 96 valence electrons. The Kier molecular flexibility index (Phi) is 4.49. The second-order valence-electron chi connectivity index (χ2n) is 4.05. The average Bonchev–Trinajstić information content (AvgIpc) is 2.42. The summed E-state index contributed by atoms with van der Waals surface area (Å²) in [5.41, 5.74) is 1.83. The summed E-state index contributed by atoms with van der Waals surface area (Å²) in [4.78, 5) is 4.32. The van der Waals surface area contributed by atoms with Crippen LogP contribution >= 0.6 is 11.6 Å². The molecule has 0 saturated carbocycles. The first-order valence-corrected chi connectivity index (χ1v) is 6.11. The van der Waals surface area contributed by atoms with E-state index in [1.165, 1.54) is 0 Å². The second kappa shape index (κ2) is 6.11. The predicted molar refractivity (Wildman–Crippen MR) is 71.6 cm³/mol. The minimum Gasteiger partial charge on any atom is -0.395 e. The number of nitrogens with one attached hydrogen (secondary N) is 1.